The molecule has 3 heterocycles. The van der Waals surface area contributed by atoms with E-state index in [1.807, 2.05) is 25.7 Å². The number of rotatable bonds is 2. The highest BCUT2D eigenvalue weighted by Gasteiger charge is 2.46. The first-order valence-corrected chi connectivity index (χ1v) is 10.9. The second-order valence-corrected chi connectivity index (χ2v) is 9.96. The third-order valence-electron chi connectivity index (χ3n) is 6.76. The summed E-state index contributed by atoms with van der Waals surface area (Å²) in [4.78, 5) is 49.3. The highest BCUT2D eigenvalue weighted by atomic mass is 16.2. The molecule has 158 valence electrons. The van der Waals surface area contributed by atoms with E-state index in [4.69, 9.17) is 4.98 Å². The Morgan fingerprint density at radius 3 is 2.62 bits per heavy atom. The van der Waals surface area contributed by atoms with Gasteiger partial charge in [-0.3, -0.25) is 14.4 Å². The zero-order valence-electron chi connectivity index (χ0n) is 17.8. The highest BCUT2D eigenvalue weighted by molar-refractivity contribution is 5.85. The van der Waals surface area contributed by atoms with Gasteiger partial charge in [0.15, 0.2) is 0 Å². The van der Waals surface area contributed by atoms with Gasteiger partial charge in [0.1, 0.15) is 5.82 Å². The number of nitrogens with one attached hydrogen (secondary N) is 1. The number of likely N-dealkylation sites (tertiary alicyclic amines) is 2. The van der Waals surface area contributed by atoms with Crippen LogP contribution in [0.1, 0.15) is 76.4 Å². The number of aromatic nitrogens is 2. The Morgan fingerprint density at radius 1 is 1.10 bits per heavy atom. The quantitative estimate of drug-likeness (QED) is 0.821. The summed E-state index contributed by atoms with van der Waals surface area (Å²) < 4.78 is 0. The molecule has 0 saturated carbocycles. The summed E-state index contributed by atoms with van der Waals surface area (Å²) in [5.74, 6) is 0.823. The SMILES string of the molecule is CC(C)(C)c1nc2c(c(=O)[nH]1)CCC21CCCN(C(=O)CN2CCCCC2=O)C1. The summed E-state index contributed by atoms with van der Waals surface area (Å²) in [5, 5.41) is 0. The first kappa shape index (κ1) is 20.1. The van der Waals surface area contributed by atoms with E-state index in [1.165, 1.54) is 0 Å². The van der Waals surface area contributed by atoms with Crippen LogP contribution in [0.2, 0.25) is 0 Å². The molecule has 0 aromatic carbocycles. The minimum atomic E-state index is -0.239. The predicted molar refractivity (Wildman–Crippen MR) is 110 cm³/mol. The fraction of sp³-hybridized carbons (Fsp3) is 0.727. The highest BCUT2D eigenvalue weighted by Crippen LogP contribution is 2.43. The summed E-state index contributed by atoms with van der Waals surface area (Å²) in [6, 6.07) is 0. The fourth-order valence-electron chi connectivity index (χ4n) is 5.04. The number of amides is 2. The smallest absolute Gasteiger partial charge is 0.254 e. The zero-order chi connectivity index (χ0) is 20.8. The molecule has 1 spiro atoms. The van der Waals surface area contributed by atoms with Crippen LogP contribution in [0.5, 0.6) is 0 Å². The van der Waals surface area contributed by atoms with E-state index in [0.717, 1.165) is 43.4 Å². The number of hydrogen-bond donors (Lipinski definition) is 1. The van der Waals surface area contributed by atoms with E-state index >= 15 is 0 Å². The first-order valence-electron chi connectivity index (χ1n) is 10.9. The van der Waals surface area contributed by atoms with Crippen LogP contribution >= 0.6 is 0 Å². The molecule has 1 unspecified atom stereocenters. The van der Waals surface area contributed by atoms with Crippen LogP contribution in [0.15, 0.2) is 4.79 Å². The number of piperidine rings is 2. The summed E-state index contributed by atoms with van der Waals surface area (Å²) in [6.07, 6.45) is 5.87. The van der Waals surface area contributed by atoms with Gasteiger partial charge in [-0.2, -0.15) is 0 Å². The van der Waals surface area contributed by atoms with Gasteiger partial charge in [0.25, 0.3) is 5.56 Å². The Kier molecular flexibility index (Phi) is 5.03. The largest absolute Gasteiger partial charge is 0.340 e. The molecule has 1 N–H and O–H groups in total. The van der Waals surface area contributed by atoms with E-state index in [1.54, 1.807) is 4.90 Å². The Labute approximate surface area is 171 Å². The minimum absolute atomic E-state index is 0.0219. The minimum Gasteiger partial charge on any atom is -0.340 e. The molecule has 7 nitrogen and oxygen atoms in total. The second-order valence-electron chi connectivity index (χ2n) is 9.96. The van der Waals surface area contributed by atoms with Crippen LogP contribution in [-0.2, 0) is 26.8 Å². The van der Waals surface area contributed by atoms with Gasteiger partial charge in [-0.15, -0.1) is 0 Å². The third kappa shape index (κ3) is 3.71. The summed E-state index contributed by atoms with van der Waals surface area (Å²) in [7, 11) is 0. The number of H-pyrrole nitrogens is 1. The van der Waals surface area contributed by atoms with Crippen molar-refractivity contribution in [3.63, 3.8) is 0 Å². The van der Waals surface area contributed by atoms with Gasteiger partial charge >= 0.3 is 0 Å². The van der Waals surface area contributed by atoms with Gasteiger partial charge < -0.3 is 14.8 Å². The van der Waals surface area contributed by atoms with Crippen molar-refractivity contribution in [2.24, 2.45) is 0 Å². The topological polar surface area (TPSA) is 86.4 Å². The predicted octanol–water partition coefficient (Wildman–Crippen LogP) is 1.89. The zero-order valence-corrected chi connectivity index (χ0v) is 17.8. The molecule has 7 heteroatoms. The maximum absolute atomic E-state index is 13.0. The molecule has 0 bridgehead atoms. The molecule has 2 saturated heterocycles. The van der Waals surface area contributed by atoms with Crippen molar-refractivity contribution in [3.8, 4) is 0 Å². The van der Waals surface area contributed by atoms with Gasteiger partial charge in [-0.25, -0.2) is 4.98 Å². The number of hydrogen-bond acceptors (Lipinski definition) is 4. The van der Waals surface area contributed by atoms with Gasteiger partial charge in [-0.05, 0) is 38.5 Å². The van der Waals surface area contributed by atoms with Crippen molar-refractivity contribution < 1.29 is 9.59 Å². The van der Waals surface area contributed by atoms with Gasteiger partial charge in [0.2, 0.25) is 11.8 Å². The maximum atomic E-state index is 13.0. The first-order chi connectivity index (χ1) is 13.7. The fourth-order valence-corrected chi connectivity index (χ4v) is 5.04. The Hall–Kier alpha value is -2.18. The van der Waals surface area contributed by atoms with Crippen molar-refractivity contribution in [2.75, 3.05) is 26.2 Å². The van der Waals surface area contributed by atoms with Crippen LogP contribution in [0.3, 0.4) is 0 Å². The molecule has 2 amide bonds. The molecule has 3 aliphatic rings. The Morgan fingerprint density at radius 2 is 1.90 bits per heavy atom. The van der Waals surface area contributed by atoms with Crippen molar-refractivity contribution in [1.29, 1.82) is 0 Å². The standard InChI is InChI=1S/C22H32N4O3/c1-21(2,3)20-23-18-15(19(29)24-20)8-10-22(18)9-6-12-26(14-22)17(28)13-25-11-5-4-7-16(25)27/h4-14H2,1-3H3,(H,23,24,29). The summed E-state index contributed by atoms with van der Waals surface area (Å²) in [5.41, 5.74) is 1.19. The molecule has 1 aromatic rings. The lowest BCUT2D eigenvalue weighted by Gasteiger charge is -2.41. The monoisotopic (exact) mass is 400 g/mol. The molecule has 1 aromatic heterocycles. The van der Waals surface area contributed by atoms with Crippen LogP contribution in [0, 0.1) is 0 Å². The lowest BCUT2D eigenvalue weighted by molar-refractivity contribution is -0.143. The van der Waals surface area contributed by atoms with Gasteiger partial charge in [-0.1, -0.05) is 20.8 Å². The molecule has 2 aliphatic heterocycles. The van der Waals surface area contributed by atoms with Crippen molar-refractivity contribution in [3.05, 3.63) is 27.4 Å². The Bertz CT molecular complexity index is 885. The molecular weight excluding hydrogens is 368 g/mol. The number of aromatic amines is 1. The molecule has 0 radical (unpaired) electrons. The van der Waals surface area contributed by atoms with Crippen molar-refractivity contribution >= 4 is 11.8 Å². The van der Waals surface area contributed by atoms with Crippen LogP contribution < -0.4 is 5.56 Å². The van der Waals surface area contributed by atoms with Crippen LogP contribution in [0.4, 0.5) is 0 Å². The van der Waals surface area contributed by atoms with Crippen LogP contribution in [0.25, 0.3) is 0 Å². The maximum Gasteiger partial charge on any atom is 0.254 e. The van der Waals surface area contributed by atoms with Crippen molar-refractivity contribution in [1.82, 2.24) is 19.8 Å². The lowest BCUT2D eigenvalue weighted by Crippen LogP contribution is -2.52. The van der Waals surface area contributed by atoms with E-state index in [2.05, 4.69) is 4.98 Å². The van der Waals surface area contributed by atoms with Gasteiger partial charge in [0, 0.05) is 42.4 Å². The average Bonchev–Trinajstić information content (AvgIpc) is 3.01. The number of carbonyl (C=O) groups excluding carboxylic acids is 2. The second kappa shape index (κ2) is 7.26. The molecule has 1 aliphatic carbocycles. The van der Waals surface area contributed by atoms with Crippen LogP contribution in [-0.4, -0.2) is 57.8 Å². The van der Waals surface area contributed by atoms with E-state index in [-0.39, 0.29) is 34.7 Å². The van der Waals surface area contributed by atoms with Gasteiger partial charge in [0.05, 0.1) is 12.2 Å². The normalized spacial score (nSPS) is 24.9. The summed E-state index contributed by atoms with van der Waals surface area (Å²) in [6.45, 7) is 8.31. The average molecular weight is 401 g/mol. The van der Waals surface area contributed by atoms with Crippen molar-refractivity contribution in [2.45, 2.75) is 76.5 Å². The lowest BCUT2D eigenvalue weighted by atomic mass is 9.77. The number of nitrogens with zero attached hydrogens (tertiary/aromatic N) is 3. The number of carbonyl (C=O) groups is 2. The molecule has 1 atom stereocenters. The number of fused-ring (bicyclic) bond motifs is 2. The third-order valence-corrected chi connectivity index (χ3v) is 6.76. The Balaban J connectivity index is 1.58. The van der Waals surface area contributed by atoms with E-state index in [9.17, 15) is 14.4 Å². The molecular formula is C22H32N4O3. The summed E-state index contributed by atoms with van der Waals surface area (Å²) >= 11 is 0. The molecule has 4 rings (SSSR count). The van der Waals surface area contributed by atoms with E-state index < -0.39 is 0 Å². The molecule has 29 heavy (non-hydrogen) atoms. The van der Waals surface area contributed by atoms with E-state index in [0.29, 0.717) is 38.3 Å². The molecule has 2 fully saturated rings.